The number of likely N-dealkylation sites (N-methyl/N-ethyl adjacent to an activating group) is 1. The van der Waals surface area contributed by atoms with Gasteiger partial charge in [-0.15, -0.1) is 0 Å². The number of hydrogen-bond acceptors (Lipinski definition) is 4. The van der Waals surface area contributed by atoms with E-state index in [0.29, 0.717) is 6.04 Å². The van der Waals surface area contributed by atoms with Gasteiger partial charge in [0.2, 0.25) is 5.28 Å². The molecule has 1 aromatic rings. The molecule has 0 saturated carbocycles. The van der Waals surface area contributed by atoms with Gasteiger partial charge in [-0.25, -0.2) is 9.97 Å². The molecule has 0 aliphatic carbocycles. The van der Waals surface area contributed by atoms with E-state index in [1.165, 1.54) is 0 Å². The number of nitrogens with zero attached hydrogens (tertiary/aromatic N) is 3. The van der Waals surface area contributed by atoms with E-state index >= 15 is 0 Å². The maximum atomic E-state index is 5.65. The number of halogens is 1. The molecule has 14 heavy (non-hydrogen) atoms. The molecule has 0 radical (unpaired) electrons. The van der Waals surface area contributed by atoms with Crippen molar-refractivity contribution in [1.82, 2.24) is 14.9 Å². The lowest BCUT2D eigenvalue weighted by atomic mass is 10.3. The molecule has 1 aromatic heterocycles. The van der Waals surface area contributed by atoms with Crippen LogP contribution in [0.1, 0.15) is 6.92 Å². The van der Waals surface area contributed by atoms with Crippen LogP contribution in [0.5, 0.6) is 0 Å². The first-order valence-corrected chi connectivity index (χ1v) is 4.86. The van der Waals surface area contributed by atoms with Crippen LogP contribution in [0.2, 0.25) is 5.28 Å². The first-order chi connectivity index (χ1) is 6.59. The zero-order chi connectivity index (χ0) is 10.6. The highest BCUT2D eigenvalue weighted by Crippen LogP contribution is 2.06. The molecule has 1 unspecified atom stereocenters. The molecule has 5 heteroatoms. The highest BCUT2D eigenvalue weighted by atomic mass is 35.5. The number of aromatic nitrogens is 2. The molecule has 0 fully saturated rings. The third-order valence-corrected chi connectivity index (χ3v) is 2.27. The maximum absolute atomic E-state index is 5.65. The van der Waals surface area contributed by atoms with Crippen molar-refractivity contribution in [2.24, 2.45) is 0 Å². The summed E-state index contributed by atoms with van der Waals surface area (Å²) >= 11 is 5.65. The number of hydrogen-bond donors (Lipinski definition) is 1. The standard InChI is InChI=1S/C9H15ClN4/c1-7(14(2)3)6-12-8-4-5-11-9(10)13-8/h4-5,7H,6H2,1-3H3,(H,11,12,13). The summed E-state index contributed by atoms with van der Waals surface area (Å²) < 4.78 is 0. The predicted octanol–water partition coefficient (Wildman–Crippen LogP) is 1.49. The topological polar surface area (TPSA) is 41.1 Å². The first-order valence-electron chi connectivity index (χ1n) is 4.48. The fourth-order valence-corrected chi connectivity index (χ4v) is 1.02. The average molecular weight is 215 g/mol. The Kier molecular flexibility index (Phi) is 4.10. The normalized spacial score (nSPS) is 12.9. The number of anilines is 1. The van der Waals surface area contributed by atoms with Crippen LogP contribution in [0.15, 0.2) is 12.3 Å². The van der Waals surface area contributed by atoms with Crippen molar-refractivity contribution < 1.29 is 0 Å². The Hall–Kier alpha value is -0.870. The molecule has 1 heterocycles. The van der Waals surface area contributed by atoms with E-state index in [0.717, 1.165) is 12.4 Å². The molecule has 0 aromatic carbocycles. The van der Waals surface area contributed by atoms with Crippen LogP contribution in [0.25, 0.3) is 0 Å². The Labute approximate surface area is 89.3 Å². The second-order valence-electron chi connectivity index (χ2n) is 3.40. The van der Waals surface area contributed by atoms with Crippen molar-refractivity contribution in [3.05, 3.63) is 17.5 Å². The molecular formula is C9H15ClN4. The Bertz CT molecular complexity index is 290. The first kappa shape index (κ1) is 11.2. The summed E-state index contributed by atoms with van der Waals surface area (Å²) in [5, 5.41) is 3.46. The SMILES string of the molecule is CC(CNc1ccnc(Cl)n1)N(C)C. The van der Waals surface area contributed by atoms with Crippen molar-refractivity contribution in [3.63, 3.8) is 0 Å². The van der Waals surface area contributed by atoms with Gasteiger partial charge >= 0.3 is 0 Å². The van der Waals surface area contributed by atoms with Crippen LogP contribution in [-0.4, -0.2) is 41.5 Å². The summed E-state index contributed by atoms with van der Waals surface area (Å²) in [6, 6.07) is 2.25. The molecule has 0 aliphatic rings. The summed E-state index contributed by atoms with van der Waals surface area (Å²) in [5.74, 6) is 0.763. The summed E-state index contributed by atoms with van der Waals surface area (Å²) in [5.41, 5.74) is 0. The van der Waals surface area contributed by atoms with Crippen molar-refractivity contribution in [2.75, 3.05) is 26.0 Å². The van der Waals surface area contributed by atoms with E-state index in [2.05, 4.69) is 27.1 Å². The zero-order valence-electron chi connectivity index (χ0n) is 8.66. The van der Waals surface area contributed by atoms with E-state index < -0.39 is 0 Å². The third kappa shape index (κ3) is 3.47. The van der Waals surface area contributed by atoms with Gasteiger partial charge in [0.25, 0.3) is 0 Å². The Morgan fingerprint density at radius 2 is 2.29 bits per heavy atom. The molecule has 1 atom stereocenters. The van der Waals surface area contributed by atoms with Gasteiger partial charge in [0.15, 0.2) is 0 Å². The van der Waals surface area contributed by atoms with Crippen molar-refractivity contribution >= 4 is 17.4 Å². The molecule has 0 amide bonds. The van der Waals surface area contributed by atoms with E-state index in [1.54, 1.807) is 12.3 Å². The van der Waals surface area contributed by atoms with Crippen LogP contribution in [0, 0.1) is 0 Å². The minimum atomic E-state index is 0.271. The molecule has 0 saturated heterocycles. The fraction of sp³-hybridized carbons (Fsp3) is 0.556. The lowest BCUT2D eigenvalue weighted by molar-refractivity contribution is 0.326. The molecule has 4 nitrogen and oxygen atoms in total. The zero-order valence-corrected chi connectivity index (χ0v) is 9.41. The van der Waals surface area contributed by atoms with Gasteiger partial charge in [-0.05, 0) is 38.7 Å². The van der Waals surface area contributed by atoms with E-state index in [9.17, 15) is 0 Å². The molecule has 1 rings (SSSR count). The Balaban J connectivity index is 2.45. The Morgan fingerprint density at radius 3 is 2.86 bits per heavy atom. The molecule has 0 bridgehead atoms. The second-order valence-corrected chi connectivity index (χ2v) is 3.74. The van der Waals surface area contributed by atoms with Crippen LogP contribution in [0.4, 0.5) is 5.82 Å². The summed E-state index contributed by atoms with van der Waals surface area (Å²) in [6.45, 7) is 2.97. The minimum Gasteiger partial charge on any atom is -0.368 e. The van der Waals surface area contributed by atoms with Crippen LogP contribution < -0.4 is 5.32 Å². The van der Waals surface area contributed by atoms with Gasteiger partial charge in [0, 0.05) is 18.8 Å². The van der Waals surface area contributed by atoms with Gasteiger partial charge in [0.1, 0.15) is 5.82 Å². The monoisotopic (exact) mass is 214 g/mol. The quantitative estimate of drug-likeness (QED) is 0.772. The summed E-state index contributed by atoms with van der Waals surface area (Å²) in [4.78, 5) is 9.97. The van der Waals surface area contributed by atoms with Crippen molar-refractivity contribution in [2.45, 2.75) is 13.0 Å². The lowest BCUT2D eigenvalue weighted by Crippen LogP contribution is -2.31. The largest absolute Gasteiger partial charge is 0.368 e. The van der Waals surface area contributed by atoms with E-state index in [1.807, 2.05) is 14.1 Å². The second kappa shape index (κ2) is 5.12. The van der Waals surface area contributed by atoms with Crippen LogP contribution >= 0.6 is 11.6 Å². The highest BCUT2D eigenvalue weighted by Gasteiger charge is 2.04. The Morgan fingerprint density at radius 1 is 1.57 bits per heavy atom. The maximum Gasteiger partial charge on any atom is 0.224 e. The summed E-state index contributed by atoms with van der Waals surface area (Å²) in [7, 11) is 4.08. The molecule has 78 valence electrons. The van der Waals surface area contributed by atoms with Gasteiger partial charge in [-0.2, -0.15) is 0 Å². The number of nitrogens with one attached hydrogen (secondary N) is 1. The highest BCUT2D eigenvalue weighted by molar-refractivity contribution is 6.28. The molecule has 0 spiro atoms. The minimum absolute atomic E-state index is 0.271. The van der Waals surface area contributed by atoms with Crippen LogP contribution in [-0.2, 0) is 0 Å². The molecule has 1 N–H and O–H groups in total. The van der Waals surface area contributed by atoms with E-state index in [-0.39, 0.29) is 5.28 Å². The fourth-order valence-electron chi connectivity index (χ4n) is 0.868. The van der Waals surface area contributed by atoms with Gasteiger partial charge in [-0.3, -0.25) is 0 Å². The molecule has 0 aliphatic heterocycles. The van der Waals surface area contributed by atoms with Gasteiger partial charge < -0.3 is 10.2 Å². The predicted molar refractivity (Wildman–Crippen MR) is 58.7 cm³/mol. The molecular weight excluding hydrogens is 200 g/mol. The lowest BCUT2D eigenvalue weighted by Gasteiger charge is -2.20. The van der Waals surface area contributed by atoms with Crippen molar-refractivity contribution in [3.8, 4) is 0 Å². The van der Waals surface area contributed by atoms with E-state index in [4.69, 9.17) is 11.6 Å². The average Bonchev–Trinajstić information content (AvgIpc) is 2.14. The summed E-state index contributed by atoms with van der Waals surface area (Å²) in [6.07, 6.45) is 1.64. The third-order valence-electron chi connectivity index (χ3n) is 2.09. The smallest absolute Gasteiger partial charge is 0.224 e. The number of rotatable bonds is 4. The van der Waals surface area contributed by atoms with Crippen LogP contribution in [0.3, 0.4) is 0 Å². The van der Waals surface area contributed by atoms with Gasteiger partial charge in [0.05, 0.1) is 0 Å². The van der Waals surface area contributed by atoms with Crippen molar-refractivity contribution in [1.29, 1.82) is 0 Å². The van der Waals surface area contributed by atoms with Gasteiger partial charge in [-0.1, -0.05) is 0 Å².